The van der Waals surface area contributed by atoms with E-state index in [1.54, 1.807) is 0 Å². The number of aliphatic hydroxyl groups is 1. The fourth-order valence-electron chi connectivity index (χ4n) is 2.43. The molecule has 0 fully saturated rings. The number of hydrogen-bond donors (Lipinski definition) is 1. The third-order valence-electron chi connectivity index (χ3n) is 3.65. The lowest BCUT2D eigenvalue weighted by Crippen LogP contribution is -2.24. The summed E-state index contributed by atoms with van der Waals surface area (Å²) in [6, 6.07) is 15.6. The van der Waals surface area contributed by atoms with Gasteiger partial charge in [-0.2, -0.15) is 0 Å². The zero-order valence-corrected chi connectivity index (χ0v) is 13.3. The Balaban J connectivity index is 2.32. The van der Waals surface area contributed by atoms with Crippen molar-refractivity contribution in [2.45, 2.75) is 33.3 Å². The first-order valence-corrected chi connectivity index (χ1v) is 7.43. The van der Waals surface area contributed by atoms with E-state index in [0.717, 1.165) is 22.4 Å². The molecule has 1 atom stereocenters. The molecule has 0 spiro atoms. The van der Waals surface area contributed by atoms with Gasteiger partial charge in [0.25, 0.3) is 0 Å². The average molecular weight is 284 g/mol. The Kier molecular flexibility index (Phi) is 4.69. The van der Waals surface area contributed by atoms with Gasteiger partial charge in [0.2, 0.25) is 0 Å². The molecule has 2 nitrogen and oxygen atoms in total. The van der Waals surface area contributed by atoms with Crippen LogP contribution in [0.2, 0.25) is 0 Å². The molecule has 0 bridgehead atoms. The van der Waals surface area contributed by atoms with E-state index in [2.05, 4.69) is 13.8 Å². The van der Waals surface area contributed by atoms with Crippen molar-refractivity contribution in [1.82, 2.24) is 0 Å². The molecular weight excluding hydrogens is 260 g/mol. The molecule has 0 heterocycles. The first-order valence-electron chi connectivity index (χ1n) is 7.43. The van der Waals surface area contributed by atoms with Crippen LogP contribution in [0.3, 0.4) is 0 Å². The molecule has 1 N–H and O–H groups in total. The predicted octanol–water partition coefficient (Wildman–Crippen LogP) is 4.29. The summed E-state index contributed by atoms with van der Waals surface area (Å²) in [7, 11) is 0. The minimum absolute atomic E-state index is 0.477. The minimum atomic E-state index is -1.03. The van der Waals surface area contributed by atoms with Crippen molar-refractivity contribution in [3.8, 4) is 5.75 Å². The Labute approximate surface area is 127 Å². The van der Waals surface area contributed by atoms with Crippen LogP contribution < -0.4 is 4.74 Å². The second-order valence-corrected chi connectivity index (χ2v) is 6.12. The Hall–Kier alpha value is -1.80. The topological polar surface area (TPSA) is 29.5 Å². The lowest BCUT2D eigenvalue weighted by molar-refractivity contribution is 0.101. The van der Waals surface area contributed by atoms with Crippen LogP contribution in [0.1, 0.15) is 37.5 Å². The van der Waals surface area contributed by atoms with Gasteiger partial charge in [-0.1, -0.05) is 50.2 Å². The van der Waals surface area contributed by atoms with Gasteiger partial charge < -0.3 is 9.84 Å². The maximum atomic E-state index is 11.0. The average Bonchev–Trinajstić information content (AvgIpc) is 2.45. The smallest absolute Gasteiger partial charge is 0.119 e. The Morgan fingerprint density at radius 1 is 1.10 bits per heavy atom. The van der Waals surface area contributed by atoms with Crippen LogP contribution in [0.25, 0.3) is 0 Å². The zero-order chi connectivity index (χ0) is 15.5. The Morgan fingerprint density at radius 3 is 2.48 bits per heavy atom. The number of rotatable bonds is 5. The highest BCUT2D eigenvalue weighted by Gasteiger charge is 2.27. The molecule has 0 saturated carbocycles. The normalized spacial score (nSPS) is 14.0. The molecule has 0 radical (unpaired) electrons. The molecule has 2 heteroatoms. The summed E-state index contributed by atoms with van der Waals surface area (Å²) in [4.78, 5) is 0. The lowest BCUT2D eigenvalue weighted by Gasteiger charge is -2.26. The van der Waals surface area contributed by atoms with E-state index in [0.29, 0.717) is 12.5 Å². The molecule has 0 aliphatic carbocycles. The first-order chi connectivity index (χ1) is 9.91. The lowest BCUT2D eigenvalue weighted by atomic mass is 9.85. The number of ether oxygens (including phenoxy) is 1. The first kappa shape index (κ1) is 15.6. The molecule has 2 aromatic rings. The summed E-state index contributed by atoms with van der Waals surface area (Å²) < 4.78 is 5.76. The van der Waals surface area contributed by atoms with Gasteiger partial charge in [0, 0.05) is 0 Å². The number of benzene rings is 2. The molecule has 1 unspecified atom stereocenters. The second kappa shape index (κ2) is 6.31. The largest absolute Gasteiger partial charge is 0.493 e. The van der Waals surface area contributed by atoms with E-state index >= 15 is 0 Å². The minimum Gasteiger partial charge on any atom is -0.493 e. The fraction of sp³-hybridized carbons (Fsp3) is 0.368. The molecule has 2 rings (SSSR count). The third-order valence-corrected chi connectivity index (χ3v) is 3.65. The zero-order valence-electron chi connectivity index (χ0n) is 13.3. The van der Waals surface area contributed by atoms with Gasteiger partial charge in [-0.3, -0.25) is 0 Å². The monoisotopic (exact) mass is 284 g/mol. The molecule has 2 aromatic carbocycles. The molecule has 112 valence electrons. The molecule has 0 amide bonds. The molecule has 0 saturated heterocycles. The summed E-state index contributed by atoms with van der Waals surface area (Å²) in [5.74, 6) is 1.28. The van der Waals surface area contributed by atoms with Crippen LogP contribution in [0.15, 0.2) is 48.5 Å². The number of hydrogen-bond acceptors (Lipinski definition) is 2. The van der Waals surface area contributed by atoms with E-state index in [1.807, 2.05) is 62.4 Å². The van der Waals surface area contributed by atoms with Crippen molar-refractivity contribution < 1.29 is 9.84 Å². The van der Waals surface area contributed by atoms with Crippen LogP contribution >= 0.6 is 0 Å². The van der Waals surface area contributed by atoms with E-state index < -0.39 is 5.60 Å². The maximum absolute atomic E-state index is 11.0. The van der Waals surface area contributed by atoms with Crippen LogP contribution in [0.5, 0.6) is 5.75 Å². The maximum Gasteiger partial charge on any atom is 0.119 e. The Morgan fingerprint density at radius 2 is 1.81 bits per heavy atom. The standard InChI is InChI=1S/C19H24O2/c1-14(2)13-21-17-10-7-9-16(12-17)19(4,20)18-11-6-5-8-15(18)3/h5-12,14,20H,13H2,1-4H3. The van der Waals surface area contributed by atoms with Gasteiger partial charge in [0.05, 0.1) is 6.61 Å². The van der Waals surface area contributed by atoms with Gasteiger partial charge in [0.1, 0.15) is 11.4 Å². The highest BCUT2D eigenvalue weighted by Crippen LogP contribution is 2.32. The molecule has 0 aliphatic heterocycles. The molecule has 0 aromatic heterocycles. The van der Waals surface area contributed by atoms with Crippen LogP contribution in [-0.2, 0) is 5.60 Å². The molecule has 0 aliphatic rings. The van der Waals surface area contributed by atoms with Crippen LogP contribution in [-0.4, -0.2) is 11.7 Å². The van der Waals surface area contributed by atoms with Crippen molar-refractivity contribution >= 4 is 0 Å². The molecular formula is C19H24O2. The van der Waals surface area contributed by atoms with E-state index in [4.69, 9.17) is 4.74 Å². The summed E-state index contributed by atoms with van der Waals surface area (Å²) >= 11 is 0. The van der Waals surface area contributed by atoms with Crippen molar-refractivity contribution in [1.29, 1.82) is 0 Å². The number of aryl methyl sites for hydroxylation is 1. The van der Waals surface area contributed by atoms with Gasteiger partial charge in [-0.05, 0) is 48.6 Å². The summed E-state index contributed by atoms with van der Waals surface area (Å²) in [6.45, 7) is 8.76. The van der Waals surface area contributed by atoms with E-state index in [9.17, 15) is 5.11 Å². The van der Waals surface area contributed by atoms with Crippen molar-refractivity contribution in [3.63, 3.8) is 0 Å². The second-order valence-electron chi connectivity index (χ2n) is 6.12. The van der Waals surface area contributed by atoms with E-state index in [1.165, 1.54) is 0 Å². The highest BCUT2D eigenvalue weighted by atomic mass is 16.5. The highest BCUT2D eigenvalue weighted by molar-refractivity contribution is 5.42. The summed E-state index contributed by atoms with van der Waals surface area (Å²) in [5.41, 5.74) is 1.82. The summed E-state index contributed by atoms with van der Waals surface area (Å²) in [6.07, 6.45) is 0. The van der Waals surface area contributed by atoms with E-state index in [-0.39, 0.29) is 0 Å². The van der Waals surface area contributed by atoms with Gasteiger partial charge in [-0.15, -0.1) is 0 Å². The SMILES string of the molecule is Cc1ccccc1C(C)(O)c1cccc(OCC(C)C)c1. The van der Waals surface area contributed by atoms with Crippen LogP contribution in [0.4, 0.5) is 0 Å². The summed E-state index contributed by atoms with van der Waals surface area (Å²) in [5, 5.41) is 11.0. The van der Waals surface area contributed by atoms with Crippen molar-refractivity contribution in [2.24, 2.45) is 5.92 Å². The van der Waals surface area contributed by atoms with Crippen molar-refractivity contribution in [2.75, 3.05) is 6.61 Å². The van der Waals surface area contributed by atoms with Gasteiger partial charge >= 0.3 is 0 Å². The quantitative estimate of drug-likeness (QED) is 0.887. The predicted molar refractivity (Wildman–Crippen MR) is 86.6 cm³/mol. The van der Waals surface area contributed by atoms with Crippen LogP contribution in [0, 0.1) is 12.8 Å². The van der Waals surface area contributed by atoms with Gasteiger partial charge in [0.15, 0.2) is 0 Å². The third kappa shape index (κ3) is 3.64. The Bertz CT molecular complexity index is 600. The van der Waals surface area contributed by atoms with Gasteiger partial charge in [-0.25, -0.2) is 0 Å². The fourth-order valence-corrected chi connectivity index (χ4v) is 2.43. The molecule has 21 heavy (non-hydrogen) atoms. The van der Waals surface area contributed by atoms with Crippen molar-refractivity contribution in [3.05, 3.63) is 65.2 Å².